The Kier molecular flexibility index (Phi) is 4.61. The van der Waals surface area contributed by atoms with Crippen LogP contribution in [-0.2, 0) is 4.74 Å². The van der Waals surface area contributed by atoms with Crippen molar-refractivity contribution in [2.24, 2.45) is 0 Å². The number of quaternary nitrogens is 1. The van der Waals surface area contributed by atoms with Gasteiger partial charge in [-0.25, -0.2) is 0 Å². The molecule has 7 nitrogen and oxygen atoms in total. The van der Waals surface area contributed by atoms with E-state index in [1.165, 1.54) is 4.90 Å². The quantitative estimate of drug-likeness (QED) is 0.706. The molecule has 7 heteroatoms. The maximum atomic E-state index is 13.3. The van der Waals surface area contributed by atoms with Crippen LogP contribution in [0.15, 0.2) is 58.0 Å². The summed E-state index contributed by atoms with van der Waals surface area (Å²) in [7, 11) is 0. The van der Waals surface area contributed by atoms with E-state index in [0.717, 1.165) is 38.4 Å². The van der Waals surface area contributed by atoms with Crippen molar-refractivity contribution >= 4 is 16.9 Å². The number of benzene rings is 1. The van der Waals surface area contributed by atoms with Crippen molar-refractivity contribution in [1.82, 2.24) is 9.88 Å². The molecule has 0 bridgehead atoms. The van der Waals surface area contributed by atoms with Gasteiger partial charge in [0.25, 0.3) is 5.91 Å². The summed E-state index contributed by atoms with van der Waals surface area (Å²) in [4.78, 5) is 34.0. The topological polar surface area (TPSA) is 77.1 Å². The lowest BCUT2D eigenvalue weighted by Gasteiger charge is -2.29. The Morgan fingerprint density at radius 2 is 1.93 bits per heavy atom. The molecule has 1 saturated heterocycles. The van der Waals surface area contributed by atoms with E-state index < -0.39 is 6.04 Å². The second-order valence-corrected chi connectivity index (χ2v) is 7.47. The zero-order valence-electron chi connectivity index (χ0n) is 16.0. The predicted molar refractivity (Wildman–Crippen MR) is 106 cm³/mol. The fourth-order valence-electron chi connectivity index (χ4n) is 4.27. The van der Waals surface area contributed by atoms with E-state index in [9.17, 15) is 9.59 Å². The molecule has 2 aliphatic rings. The summed E-state index contributed by atoms with van der Waals surface area (Å²) < 4.78 is 11.4. The molecule has 1 atom stereocenters. The number of pyridine rings is 1. The van der Waals surface area contributed by atoms with Crippen LogP contribution in [0.4, 0.5) is 0 Å². The van der Waals surface area contributed by atoms with Crippen molar-refractivity contribution < 1.29 is 18.8 Å². The van der Waals surface area contributed by atoms with Crippen molar-refractivity contribution in [3.8, 4) is 0 Å². The third-order valence-corrected chi connectivity index (χ3v) is 5.78. The number of amides is 1. The number of ether oxygens (including phenoxy) is 1. The Morgan fingerprint density at radius 1 is 1.10 bits per heavy atom. The zero-order chi connectivity index (χ0) is 19.8. The molecule has 29 heavy (non-hydrogen) atoms. The number of aromatic nitrogens is 1. The lowest BCUT2D eigenvalue weighted by atomic mass is 10.00. The highest BCUT2D eigenvalue weighted by Crippen LogP contribution is 2.37. The van der Waals surface area contributed by atoms with Crippen LogP contribution in [0.1, 0.15) is 27.7 Å². The van der Waals surface area contributed by atoms with Crippen molar-refractivity contribution in [3.05, 3.63) is 75.9 Å². The van der Waals surface area contributed by atoms with Crippen LogP contribution in [0.2, 0.25) is 0 Å². The molecule has 0 unspecified atom stereocenters. The summed E-state index contributed by atoms with van der Waals surface area (Å²) in [5.74, 6) is -0.0797. The fraction of sp³-hybridized carbons (Fsp3) is 0.318. The van der Waals surface area contributed by atoms with Crippen molar-refractivity contribution in [2.45, 2.75) is 6.04 Å². The van der Waals surface area contributed by atoms with Gasteiger partial charge < -0.3 is 19.0 Å². The van der Waals surface area contributed by atoms with Crippen LogP contribution in [0.3, 0.4) is 0 Å². The average Bonchev–Trinajstić information content (AvgIpc) is 3.06. The SMILES string of the molecule is O=C1c2oc3ccccc3c(=O)c2[C@H](c2cccnc2)N1CC[NH+]1CCOCC1. The second-order valence-electron chi connectivity index (χ2n) is 7.47. The van der Waals surface area contributed by atoms with Crippen LogP contribution in [0.5, 0.6) is 0 Å². The van der Waals surface area contributed by atoms with E-state index in [1.54, 1.807) is 41.6 Å². The highest BCUT2D eigenvalue weighted by Gasteiger charge is 2.43. The molecule has 0 radical (unpaired) electrons. The van der Waals surface area contributed by atoms with Crippen molar-refractivity contribution in [1.29, 1.82) is 0 Å². The van der Waals surface area contributed by atoms with Crippen molar-refractivity contribution in [2.75, 3.05) is 39.4 Å². The number of carbonyl (C=O) groups excluding carboxylic acids is 1. The first-order valence-electron chi connectivity index (χ1n) is 9.92. The number of carbonyl (C=O) groups is 1. The lowest BCUT2D eigenvalue weighted by Crippen LogP contribution is -3.14. The molecule has 2 aliphatic heterocycles. The van der Waals surface area contributed by atoms with E-state index in [4.69, 9.17) is 9.15 Å². The maximum Gasteiger partial charge on any atom is 0.291 e. The zero-order valence-corrected chi connectivity index (χ0v) is 16.0. The molecule has 4 heterocycles. The van der Waals surface area contributed by atoms with Gasteiger partial charge in [-0.1, -0.05) is 18.2 Å². The number of para-hydroxylation sites is 1. The Labute approximate surface area is 167 Å². The number of morpholine rings is 1. The van der Waals surface area contributed by atoms with Gasteiger partial charge in [0.1, 0.15) is 18.7 Å². The minimum Gasteiger partial charge on any atom is -0.450 e. The van der Waals surface area contributed by atoms with Gasteiger partial charge in [0, 0.05) is 12.4 Å². The van der Waals surface area contributed by atoms with Gasteiger partial charge in [0.15, 0.2) is 5.43 Å². The molecule has 148 valence electrons. The summed E-state index contributed by atoms with van der Waals surface area (Å²) in [6, 6.07) is 10.3. The van der Waals surface area contributed by atoms with Gasteiger partial charge in [-0.2, -0.15) is 0 Å². The van der Waals surface area contributed by atoms with Crippen LogP contribution >= 0.6 is 0 Å². The molecule has 1 N–H and O–H groups in total. The summed E-state index contributed by atoms with van der Waals surface area (Å²) in [6.07, 6.45) is 3.41. The summed E-state index contributed by atoms with van der Waals surface area (Å²) in [5, 5.41) is 0.494. The number of nitrogens with one attached hydrogen (secondary N) is 1. The molecule has 3 aromatic rings. The Morgan fingerprint density at radius 3 is 2.72 bits per heavy atom. The number of rotatable bonds is 4. The van der Waals surface area contributed by atoms with Crippen molar-refractivity contribution in [3.63, 3.8) is 0 Å². The molecule has 0 spiro atoms. The fourth-order valence-corrected chi connectivity index (χ4v) is 4.27. The number of hydrogen-bond donors (Lipinski definition) is 1. The molecule has 2 aromatic heterocycles. The summed E-state index contributed by atoms with van der Waals surface area (Å²) in [6.45, 7) is 4.66. The third-order valence-electron chi connectivity index (χ3n) is 5.78. The van der Waals surface area contributed by atoms with Gasteiger partial charge in [-0.15, -0.1) is 0 Å². The van der Waals surface area contributed by atoms with E-state index in [0.29, 0.717) is 23.1 Å². The Balaban J connectivity index is 1.58. The van der Waals surface area contributed by atoms with Gasteiger partial charge in [0.2, 0.25) is 5.76 Å². The summed E-state index contributed by atoms with van der Waals surface area (Å²) in [5.41, 5.74) is 1.53. The van der Waals surface area contributed by atoms with Gasteiger partial charge in [-0.05, 0) is 23.8 Å². The largest absolute Gasteiger partial charge is 0.450 e. The maximum absolute atomic E-state index is 13.3. The molecule has 0 saturated carbocycles. The molecule has 0 aliphatic carbocycles. The predicted octanol–water partition coefficient (Wildman–Crippen LogP) is 0.648. The highest BCUT2D eigenvalue weighted by molar-refractivity contribution is 5.99. The number of nitrogens with zero attached hydrogens (tertiary/aromatic N) is 2. The molecule has 5 rings (SSSR count). The third kappa shape index (κ3) is 3.12. The van der Waals surface area contributed by atoms with E-state index in [-0.39, 0.29) is 17.1 Å². The first-order chi connectivity index (χ1) is 14.2. The molecule has 1 amide bonds. The number of fused-ring (bicyclic) bond motifs is 2. The summed E-state index contributed by atoms with van der Waals surface area (Å²) >= 11 is 0. The van der Waals surface area contributed by atoms with Gasteiger partial charge in [-0.3, -0.25) is 14.6 Å². The average molecular weight is 392 g/mol. The van der Waals surface area contributed by atoms with Gasteiger partial charge >= 0.3 is 0 Å². The number of hydrogen-bond acceptors (Lipinski definition) is 5. The van der Waals surface area contributed by atoms with Crippen LogP contribution in [-0.4, -0.2) is 55.2 Å². The normalized spacial score (nSPS) is 19.7. The standard InChI is InChI=1S/C22H21N3O4/c26-20-16-5-1-2-6-17(16)29-21-18(20)19(15-4-3-7-23-14-15)25(22(21)27)9-8-24-10-12-28-13-11-24/h1-7,14,19H,8-13H2/p+1/t19-/m0/s1. The first kappa shape index (κ1) is 18.0. The second kappa shape index (κ2) is 7.42. The van der Waals surface area contributed by atoms with Gasteiger partial charge in [0.05, 0.1) is 43.3 Å². The van der Waals surface area contributed by atoms with E-state index in [1.807, 2.05) is 12.1 Å². The minimum atomic E-state index is -0.479. The van der Waals surface area contributed by atoms with Crippen LogP contribution in [0.25, 0.3) is 11.0 Å². The molecular weight excluding hydrogens is 370 g/mol. The van der Waals surface area contributed by atoms with E-state index in [2.05, 4.69) is 4.98 Å². The molecular formula is C22H22N3O4+. The minimum absolute atomic E-state index is 0.148. The molecule has 1 aromatic carbocycles. The van der Waals surface area contributed by atoms with E-state index >= 15 is 0 Å². The first-order valence-corrected chi connectivity index (χ1v) is 9.92. The monoisotopic (exact) mass is 392 g/mol. The Bertz CT molecular complexity index is 1110. The molecule has 1 fully saturated rings. The highest BCUT2D eigenvalue weighted by atomic mass is 16.5. The van der Waals surface area contributed by atoms with Crippen LogP contribution in [0, 0.1) is 0 Å². The lowest BCUT2D eigenvalue weighted by molar-refractivity contribution is -0.907. The Hall–Kier alpha value is -3.03. The smallest absolute Gasteiger partial charge is 0.291 e. The van der Waals surface area contributed by atoms with Crippen LogP contribution < -0.4 is 10.3 Å².